The molecule has 0 aliphatic rings. The van der Waals surface area contributed by atoms with Crippen LogP contribution in [0.4, 0.5) is 4.39 Å². The Morgan fingerprint density at radius 3 is 2.82 bits per heavy atom. The second kappa shape index (κ2) is 7.32. The molecule has 0 saturated heterocycles. The second-order valence-electron chi connectivity index (χ2n) is 6.19. The normalized spacial score (nSPS) is 12.1. The zero-order chi connectivity index (χ0) is 19.7. The Balaban J connectivity index is 1.74. The fourth-order valence-corrected chi connectivity index (χ4v) is 3.71. The van der Waals surface area contributed by atoms with Gasteiger partial charge in [-0.15, -0.1) is 11.3 Å². The Labute approximate surface area is 163 Å². The third kappa shape index (κ3) is 3.41. The predicted molar refractivity (Wildman–Crippen MR) is 104 cm³/mol. The zero-order valence-corrected chi connectivity index (χ0v) is 15.6. The van der Waals surface area contributed by atoms with E-state index in [9.17, 15) is 14.0 Å². The number of carbonyl (C=O) groups is 1. The summed E-state index contributed by atoms with van der Waals surface area (Å²) in [6, 6.07) is 10.4. The molecule has 8 heteroatoms. The Morgan fingerprint density at radius 2 is 2.07 bits per heavy atom. The topological polar surface area (TPSA) is 76.4 Å². The van der Waals surface area contributed by atoms with E-state index in [1.807, 2.05) is 6.92 Å². The molecule has 0 bridgehead atoms. The van der Waals surface area contributed by atoms with E-state index in [4.69, 9.17) is 0 Å². The van der Waals surface area contributed by atoms with E-state index in [2.05, 4.69) is 15.3 Å². The van der Waals surface area contributed by atoms with Crippen molar-refractivity contribution in [3.8, 4) is 0 Å². The first kappa shape index (κ1) is 18.0. The summed E-state index contributed by atoms with van der Waals surface area (Å²) >= 11 is 1.36. The molecule has 28 heavy (non-hydrogen) atoms. The molecule has 1 aromatic carbocycles. The highest BCUT2D eigenvalue weighted by Crippen LogP contribution is 2.21. The van der Waals surface area contributed by atoms with Crippen molar-refractivity contribution in [2.24, 2.45) is 0 Å². The summed E-state index contributed by atoms with van der Waals surface area (Å²) in [5.41, 5.74) is 0.507. The molecule has 140 valence electrons. The van der Waals surface area contributed by atoms with Crippen LogP contribution in [0.2, 0.25) is 0 Å². The average Bonchev–Trinajstić information content (AvgIpc) is 3.08. The maximum absolute atomic E-state index is 13.7. The van der Waals surface area contributed by atoms with Gasteiger partial charge in [0.25, 0.3) is 11.5 Å². The lowest BCUT2D eigenvalue weighted by Gasteiger charge is -2.18. The minimum Gasteiger partial charge on any atom is -0.339 e. The molecule has 3 heterocycles. The molecular weight excluding hydrogens is 379 g/mol. The Kier molecular flexibility index (Phi) is 4.70. The molecule has 0 aliphatic heterocycles. The molecule has 4 rings (SSSR count). The van der Waals surface area contributed by atoms with E-state index in [1.54, 1.807) is 42.7 Å². The number of nitrogens with one attached hydrogen (secondary N) is 1. The number of halogens is 1. The van der Waals surface area contributed by atoms with Gasteiger partial charge in [0.15, 0.2) is 4.96 Å². The van der Waals surface area contributed by atoms with Crippen molar-refractivity contribution >= 4 is 22.2 Å². The number of benzene rings is 1. The molecule has 1 N–H and O–H groups in total. The molecule has 0 saturated carbocycles. The lowest BCUT2D eigenvalue weighted by Crippen LogP contribution is -2.34. The van der Waals surface area contributed by atoms with E-state index < -0.39 is 23.3 Å². The molecule has 0 aliphatic carbocycles. The maximum atomic E-state index is 13.7. The lowest BCUT2D eigenvalue weighted by atomic mass is 10.0. The highest BCUT2D eigenvalue weighted by molar-refractivity contribution is 7.16. The number of thiazole rings is 1. The number of aryl methyl sites for hydroxylation is 1. The van der Waals surface area contributed by atoms with Crippen LogP contribution in [0.25, 0.3) is 4.96 Å². The fraction of sp³-hybridized carbons (Fsp3) is 0.100. The number of fused-ring (bicyclic) bond motifs is 1. The van der Waals surface area contributed by atoms with E-state index in [0.717, 1.165) is 4.88 Å². The second-order valence-corrected chi connectivity index (χ2v) is 7.40. The van der Waals surface area contributed by atoms with Crippen molar-refractivity contribution in [2.45, 2.75) is 13.0 Å². The molecule has 1 atom stereocenters. The van der Waals surface area contributed by atoms with E-state index in [1.165, 1.54) is 34.1 Å². The van der Waals surface area contributed by atoms with Gasteiger partial charge in [0, 0.05) is 23.5 Å². The van der Waals surface area contributed by atoms with Gasteiger partial charge in [-0.05, 0) is 36.8 Å². The van der Waals surface area contributed by atoms with Crippen LogP contribution in [0.15, 0.2) is 65.8 Å². The molecule has 3 aromatic heterocycles. The number of nitrogens with zero attached hydrogens (tertiary/aromatic N) is 3. The molecule has 6 nitrogen and oxygen atoms in total. The largest absolute Gasteiger partial charge is 0.339 e. The highest BCUT2D eigenvalue weighted by Gasteiger charge is 2.22. The van der Waals surface area contributed by atoms with Gasteiger partial charge < -0.3 is 5.32 Å². The molecular formula is C20H15FN4O2S. The van der Waals surface area contributed by atoms with Crippen LogP contribution in [0.1, 0.15) is 32.5 Å². The first-order chi connectivity index (χ1) is 13.5. The maximum Gasteiger partial charge on any atom is 0.271 e. The van der Waals surface area contributed by atoms with Crippen LogP contribution < -0.4 is 10.9 Å². The van der Waals surface area contributed by atoms with Gasteiger partial charge in [0.1, 0.15) is 11.4 Å². The van der Waals surface area contributed by atoms with Crippen LogP contribution >= 0.6 is 11.3 Å². The summed E-state index contributed by atoms with van der Waals surface area (Å²) in [5, 5.41) is 2.79. The van der Waals surface area contributed by atoms with Gasteiger partial charge in [-0.2, -0.15) is 0 Å². The van der Waals surface area contributed by atoms with Crippen LogP contribution in [0, 0.1) is 12.7 Å². The van der Waals surface area contributed by atoms with Crippen LogP contribution in [0.3, 0.4) is 0 Å². The molecule has 0 spiro atoms. The third-order valence-corrected chi connectivity index (χ3v) is 5.12. The quantitative estimate of drug-likeness (QED) is 0.577. The van der Waals surface area contributed by atoms with Crippen LogP contribution in [-0.2, 0) is 0 Å². The summed E-state index contributed by atoms with van der Waals surface area (Å²) in [7, 11) is 0. The van der Waals surface area contributed by atoms with Crippen molar-refractivity contribution in [1.29, 1.82) is 0 Å². The van der Waals surface area contributed by atoms with Gasteiger partial charge in [-0.25, -0.2) is 9.37 Å². The molecule has 4 aromatic rings. The monoisotopic (exact) mass is 394 g/mol. The minimum atomic E-state index is -0.714. The minimum absolute atomic E-state index is 0.0902. The van der Waals surface area contributed by atoms with Crippen molar-refractivity contribution < 1.29 is 9.18 Å². The lowest BCUT2D eigenvalue weighted by molar-refractivity contribution is 0.0940. The highest BCUT2D eigenvalue weighted by atomic mass is 32.1. The predicted octanol–water partition coefficient (Wildman–Crippen LogP) is 3.12. The van der Waals surface area contributed by atoms with E-state index >= 15 is 0 Å². The number of rotatable bonds is 4. The van der Waals surface area contributed by atoms with Gasteiger partial charge in [0.2, 0.25) is 0 Å². The average molecular weight is 394 g/mol. The van der Waals surface area contributed by atoms with Crippen LogP contribution in [-0.4, -0.2) is 20.3 Å². The smallest absolute Gasteiger partial charge is 0.271 e. The van der Waals surface area contributed by atoms with Crippen molar-refractivity contribution in [3.05, 3.63) is 98.9 Å². The molecule has 1 amide bonds. The van der Waals surface area contributed by atoms with Crippen molar-refractivity contribution in [3.63, 3.8) is 0 Å². The standard InChI is InChI=1S/C20H15FN4O2S/c1-12-11-25-19(27)15(10-23-20(25)28-12)18(26)24-17(16-7-2-3-8-22-16)13-5-4-6-14(21)9-13/h2-11,17H,1H3,(H,24,26). The van der Waals surface area contributed by atoms with E-state index in [0.29, 0.717) is 16.2 Å². The summed E-state index contributed by atoms with van der Waals surface area (Å²) in [6.45, 7) is 1.86. The van der Waals surface area contributed by atoms with E-state index in [-0.39, 0.29) is 5.56 Å². The summed E-state index contributed by atoms with van der Waals surface area (Å²) < 4.78 is 15.1. The Morgan fingerprint density at radius 1 is 1.21 bits per heavy atom. The van der Waals surface area contributed by atoms with Gasteiger partial charge in [-0.3, -0.25) is 19.0 Å². The Bertz CT molecular complexity index is 1220. The van der Waals surface area contributed by atoms with Crippen molar-refractivity contribution in [2.75, 3.05) is 0 Å². The SMILES string of the molecule is Cc1cn2c(=O)c(C(=O)NC(c3cccc(F)c3)c3ccccn3)cnc2s1. The Hall–Kier alpha value is -3.39. The van der Waals surface area contributed by atoms with Gasteiger partial charge in [-0.1, -0.05) is 18.2 Å². The zero-order valence-electron chi connectivity index (χ0n) is 14.8. The van der Waals surface area contributed by atoms with Crippen molar-refractivity contribution in [1.82, 2.24) is 19.7 Å². The fourth-order valence-electron chi connectivity index (χ4n) is 2.92. The number of aromatic nitrogens is 3. The first-order valence-electron chi connectivity index (χ1n) is 8.48. The van der Waals surface area contributed by atoms with Gasteiger partial charge in [0.05, 0.1) is 11.7 Å². The number of amides is 1. The van der Waals surface area contributed by atoms with Crippen LogP contribution in [0.5, 0.6) is 0 Å². The summed E-state index contributed by atoms with van der Waals surface area (Å²) in [4.78, 5) is 35.5. The number of carbonyl (C=O) groups excluding carboxylic acids is 1. The van der Waals surface area contributed by atoms with Gasteiger partial charge >= 0.3 is 0 Å². The molecule has 1 unspecified atom stereocenters. The third-order valence-electron chi connectivity index (χ3n) is 4.21. The first-order valence-corrected chi connectivity index (χ1v) is 9.29. The summed E-state index contributed by atoms with van der Waals surface area (Å²) in [5.74, 6) is -1.03. The number of hydrogen-bond donors (Lipinski definition) is 1. The number of hydrogen-bond acceptors (Lipinski definition) is 5. The summed E-state index contributed by atoms with van der Waals surface area (Å²) in [6.07, 6.45) is 4.50. The molecule has 0 fully saturated rings. The molecule has 0 radical (unpaired) electrons. The number of pyridine rings is 1.